The van der Waals surface area contributed by atoms with Gasteiger partial charge in [-0.3, -0.25) is 4.79 Å². The highest BCUT2D eigenvalue weighted by molar-refractivity contribution is 6.34. The Hall–Kier alpha value is -1.67. The van der Waals surface area contributed by atoms with Crippen LogP contribution >= 0.6 is 11.6 Å². The predicted molar refractivity (Wildman–Crippen MR) is 75.4 cm³/mol. The molecule has 1 nitrogen and oxygen atoms in total. The first-order valence-electron chi connectivity index (χ1n) is 6.02. The van der Waals surface area contributed by atoms with Gasteiger partial charge in [-0.25, -0.2) is 4.39 Å². The Morgan fingerprint density at radius 3 is 2.63 bits per heavy atom. The maximum Gasteiger partial charge on any atom is 0.171 e. The second kappa shape index (κ2) is 5.54. The van der Waals surface area contributed by atoms with E-state index in [9.17, 15) is 9.18 Å². The lowest BCUT2D eigenvalue weighted by Crippen LogP contribution is -2.08. The second-order valence-electron chi connectivity index (χ2n) is 4.63. The molecule has 0 fully saturated rings. The van der Waals surface area contributed by atoms with Crippen molar-refractivity contribution in [2.45, 2.75) is 20.3 Å². The smallest absolute Gasteiger partial charge is 0.171 e. The molecule has 0 heterocycles. The van der Waals surface area contributed by atoms with Crippen molar-refractivity contribution in [1.29, 1.82) is 0 Å². The van der Waals surface area contributed by atoms with Crippen LogP contribution < -0.4 is 0 Å². The van der Waals surface area contributed by atoms with Crippen molar-refractivity contribution in [3.05, 3.63) is 69.5 Å². The lowest BCUT2D eigenvalue weighted by Gasteiger charge is -2.08. The Morgan fingerprint density at radius 1 is 1.21 bits per heavy atom. The third kappa shape index (κ3) is 3.02. The molecule has 2 aromatic rings. The third-order valence-corrected chi connectivity index (χ3v) is 3.41. The van der Waals surface area contributed by atoms with Gasteiger partial charge < -0.3 is 0 Å². The third-order valence-electron chi connectivity index (χ3n) is 3.10. The number of aryl methyl sites for hydroxylation is 2. The predicted octanol–water partition coefficient (Wildman–Crippen LogP) is 4.52. The first-order valence-corrected chi connectivity index (χ1v) is 6.40. The molecule has 0 spiro atoms. The Kier molecular flexibility index (Phi) is 4.01. The average molecular weight is 277 g/mol. The van der Waals surface area contributed by atoms with Gasteiger partial charge in [0.15, 0.2) is 5.78 Å². The summed E-state index contributed by atoms with van der Waals surface area (Å²) in [5.41, 5.74) is 2.98. The van der Waals surface area contributed by atoms with Gasteiger partial charge in [0.2, 0.25) is 0 Å². The molecule has 0 N–H and O–H groups in total. The van der Waals surface area contributed by atoms with Gasteiger partial charge in [0, 0.05) is 6.42 Å². The fourth-order valence-electron chi connectivity index (χ4n) is 2.02. The zero-order valence-corrected chi connectivity index (χ0v) is 11.6. The van der Waals surface area contributed by atoms with Crippen LogP contribution in [0.2, 0.25) is 5.02 Å². The van der Waals surface area contributed by atoms with Crippen molar-refractivity contribution in [3.8, 4) is 0 Å². The Labute approximate surface area is 117 Å². The molecular weight excluding hydrogens is 263 g/mol. The summed E-state index contributed by atoms with van der Waals surface area (Å²) in [5, 5.41) is 0.162. The van der Waals surface area contributed by atoms with Gasteiger partial charge in [0.25, 0.3) is 0 Å². The molecule has 0 saturated heterocycles. The fraction of sp³-hybridized carbons (Fsp3) is 0.188. The van der Waals surface area contributed by atoms with E-state index < -0.39 is 5.82 Å². The summed E-state index contributed by atoms with van der Waals surface area (Å²) < 4.78 is 13.7. The molecule has 19 heavy (non-hydrogen) atoms. The van der Waals surface area contributed by atoms with Crippen molar-refractivity contribution >= 4 is 17.4 Å². The molecule has 0 aliphatic heterocycles. The molecule has 0 atom stereocenters. The molecule has 0 aliphatic carbocycles. The van der Waals surface area contributed by atoms with Crippen LogP contribution in [0.1, 0.15) is 27.0 Å². The molecule has 0 aliphatic rings. The minimum absolute atomic E-state index is 0.0231. The van der Waals surface area contributed by atoms with E-state index in [-0.39, 0.29) is 22.8 Å². The van der Waals surface area contributed by atoms with E-state index in [1.165, 1.54) is 18.2 Å². The number of hydrogen-bond donors (Lipinski definition) is 0. The van der Waals surface area contributed by atoms with Gasteiger partial charge in [0.1, 0.15) is 5.82 Å². The summed E-state index contributed by atoms with van der Waals surface area (Å²) in [5.74, 6) is -0.861. The van der Waals surface area contributed by atoms with E-state index >= 15 is 0 Å². The number of benzene rings is 2. The Balaban J connectivity index is 2.34. The number of ketones is 1. The molecule has 0 amide bonds. The molecule has 0 radical (unpaired) electrons. The second-order valence-corrected chi connectivity index (χ2v) is 5.03. The molecule has 2 rings (SSSR count). The van der Waals surface area contributed by atoms with Crippen LogP contribution in [0.3, 0.4) is 0 Å². The van der Waals surface area contributed by atoms with Gasteiger partial charge in [-0.15, -0.1) is 0 Å². The summed E-state index contributed by atoms with van der Waals surface area (Å²) in [6.07, 6.45) is 0.161. The molecule has 0 unspecified atom stereocenters. The summed E-state index contributed by atoms with van der Waals surface area (Å²) in [6, 6.07) is 10.2. The largest absolute Gasteiger partial charge is 0.294 e. The molecule has 0 aromatic heterocycles. The Bertz CT molecular complexity index is 614. The van der Waals surface area contributed by atoms with Crippen LogP contribution in [-0.2, 0) is 6.42 Å². The molecule has 0 saturated carbocycles. The van der Waals surface area contributed by atoms with Gasteiger partial charge in [-0.2, -0.15) is 0 Å². The van der Waals surface area contributed by atoms with Gasteiger partial charge >= 0.3 is 0 Å². The summed E-state index contributed by atoms with van der Waals surface area (Å²) in [6.45, 7) is 3.90. The maximum absolute atomic E-state index is 13.7. The number of carbonyl (C=O) groups is 1. The summed E-state index contributed by atoms with van der Waals surface area (Å²) in [4.78, 5) is 12.2. The number of carbonyl (C=O) groups excluding carboxylic acids is 1. The van der Waals surface area contributed by atoms with Crippen LogP contribution in [0.4, 0.5) is 4.39 Å². The first kappa shape index (κ1) is 13.8. The van der Waals surface area contributed by atoms with E-state index in [0.29, 0.717) is 0 Å². The van der Waals surface area contributed by atoms with E-state index in [1.807, 2.05) is 32.0 Å². The minimum Gasteiger partial charge on any atom is -0.294 e. The molecule has 2 aromatic carbocycles. The van der Waals surface area contributed by atoms with Gasteiger partial charge in [-0.05, 0) is 37.1 Å². The van der Waals surface area contributed by atoms with E-state index in [2.05, 4.69) is 0 Å². The van der Waals surface area contributed by atoms with Crippen molar-refractivity contribution in [1.82, 2.24) is 0 Å². The Morgan fingerprint density at radius 2 is 1.95 bits per heavy atom. The van der Waals surface area contributed by atoms with Crippen molar-refractivity contribution in [3.63, 3.8) is 0 Å². The number of Topliss-reactive ketones (excluding diaryl/α,β-unsaturated/α-hetero) is 1. The topological polar surface area (TPSA) is 17.1 Å². The highest BCUT2D eigenvalue weighted by Gasteiger charge is 2.16. The lowest BCUT2D eigenvalue weighted by atomic mass is 9.97. The highest BCUT2D eigenvalue weighted by Crippen LogP contribution is 2.22. The van der Waals surface area contributed by atoms with E-state index in [0.717, 1.165) is 16.7 Å². The van der Waals surface area contributed by atoms with Gasteiger partial charge in [0.05, 0.1) is 10.6 Å². The summed E-state index contributed by atoms with van der Waals surface area (Å²) in [7, 11) is 0. The molecule has 98 valence electrons. The molecule has 0 bridgehead atoms. The SMILES string of the molecule is Cc1ccc(C)c(CC(=O)c2c(F)cccc2Cl)c1. The average Bonchev–Trinajstić information content (AvgIpc) is 2.33. The zero-order chi connectivity index (χ0) is 14.0. The minimum atomic E-state index is -0.567. The highest BCUT2D eigenvalue weighted by atomic mass is 35.5. The zero-order valence-electron chi connectivity index (χ0n) is 10.8. The van der Waals surface area contributed by atoms with Gasteiger partial charge in [-0.1, -0.05) is 41.4 Å². The van der Waals surface area contributed by atoms with E-state index in [1.54, 1.807) is 0 Å². The fourth-order valence-corrected chi connectivity index (χ4v) is 2.28. The van der Waals surface area contributed by atoms with Crippen LogP contribution in [0.15, 0.2) is 36.4 Å². The first-order chi connectivity index (χ1) is 8.99. The van der Waals surface area contributed by atoms with Crippen molar-refractivity contribution in [2.24, 2.45) is 0 Å². The maximum atomic E-state index is 13.7. The monoisotopic (exact) mass is 276 g/mol. The lowest BCUT2D eigenvalue weighted by molar-refractivity contribution is 0.0989. The van der Waals surface area contributed by atoms with Crippen LogP contribution in [0.5, 0.6) is 0 Å². The molecular formula is C16H14ClFO. The number of hydrogen-bond acceptors (Lipinski definition) is 1. The quantitative estimate of drug-likeness (QED) is 0.753. The normalized spacial score (nSPS) is 10.5. The van der Waals surface area contributed by atoms with Crippen molar-refractivity contribution < 1.29 is 9.18 Å². The van der Waals surface area contributed by atoms with Crippen LogP contribution in [0.25, 0.3) is 0 Å². The number of rotatable bonds is 3. The molecule has 3 heteroatoms. The van der Waals surface area contributed by atoms with Crippen LogP contribution in [-0.4, -0.2) is 5.78 Å². The summed E-state index contributed by atoms with van der Waals surface area (Å²) >= 11 is 5.90. The van der Waals surface area contributed by atoms with Crippen LogP contribution in [0, 0.1) is 19.7 Å². The van der Waals surface area contributed by atoms with E-state index in [4.69, 9.17) is 11.6 Å². The standard InChI is InChI=1S/C16H14ClFO/c1-10-6-7-11(2)12(8-10)9-15(19)16-13(17)4-3-5-14(16)18/h3-8H,9H2,1-2H3. The number of halogens is 2. The van der Waals surface area contributed by atoms with Crippen molar-refractivity contribution in [2.75, 3.05) is 0 Å².